The molecule has 3 rings (SSSR count). The first kappa shape index (κ1) is 21.1. The third kappa shape index (κ3) is 5.27. The molecule has 0 aliphatic carbocycles. The van der Waals surface area contributed by atoms with E-state index in [9.17, 15) is 4.79 Å². The smallest absolute Gasteiger partial charge is 0.264 e. The number of thiazole rings is 1. The van der Waals surface area contributed by atoms with E-state index in [0.717, 1.165) is 27.7 Å². The molecule has 29 heavy (non-hydrogen) atoms. The number of nitrogens with one attached hydrogen (secondary N) is 1. The van der Waals surface area contributed by atoms with Crippen LogP contribution in [0.1, 0.15) is 12.5 Å². The third-order valence-corrected chi connectivity index (χ3v) is 5.44. The van der Waals surface area contributed by atoms with E-state index in [1.165, 1.54) is 11.3 Å². The molecule has 8 heteroatoms. The molecule has 1 amide bonds. The maximum atomic E-state index is 12.3. The molecule has 152 valence electrons. The van der Waals surface area contributed by atoms with Gasteiger partial charge < -0.3 is 14.2 Å². The summed E-state index contributed by atoms with van der Waals surface area (Å²) in [4.78, 5) is 16.7. The molecule has 0 atom stereocenters. The number of aryl methyl sites for hydroxylation is 1. The number of methoxy groups -OCH3 is 2. The Bertz CT molecular complexity index is 1010. The minimum absolute atomic E-state index is 0.0834. The van der Waals surface area contributed by atoms with Crippen LogP contribution in [0.25, 0.3) is 11.3 Å². The van der Waals surface area contributed by atoms with Crippen LogP contribution in [0.15, 0.2) is 46.3 Å². The van der Waals surface area contributed by atoms with Crippen molar-refractivity contribution in [2.75, 3.05) is 26.1 Å². The molecule has 0 radical (unpaired) electrons. The van der Waals surface area contributed by atoms with Gasteiger partial charge >= 0.3 is 0 Å². The van der Waals surface area contributed by atoms with E-state index in [4.69, 9.17) is 14.2 Å². The molecule has 0 bridgehead atoms. The van der Waals surface area contributed by atoms with Crippen molar-refractivity contribution in [3.63, 3.8) is 0 Å². The summed E-state index contributed by atoms with van der Waals surface area (Å²) < 4.78 is 17.2. The number of hydrogen-bond acceptors (Lipinski definition) is 6. The van der Waals surface area contributed by atoms with Crippen molar-refractivity contribution in [2.24, 2.45) is 0 Å². The van der Waals surface area contributed by atoms with Crippen LogP contribution < -0.4 is 19.5 Å². The van der Waals surface area contributed by atoms with Crippen LogP contribution in [0.3, 0.4) is 0 Å². The molecule has 1 heterocycles. The molecule has 0 saturated carbocycles. The highest BCUT2D eigenvalue weighted by atomic mass is 79.9. The Hall–Kier alpha value is -2.58. The van der Waals surface area contributed by atoms with Crippen molar-refractivity contribution < 1.29 is 19.0 Å². The second kappa shape index (κ2) is 9.76. The van der Waals surface area contributed by atoms with Crippen molar-refractivity contribution in [1.29, 1.82) is 0 Å². The quantitative estimate of drug-likeness (QED) is 0.485. The minimum Gasteiger partial charge on any atom is -0.493 e. The first-order valence-corrected chi connectivity index (χ1v) is 10.6. The second-order valence-corrected chi connectivity index (χ2v) is 7.82. The van der Waals surface area contributed by atoms with Gasteiger partial charge in [0.2, 0.25) is 0 Å². The first-order chi connectivity index (χ1) is 14.0. The minimum atomic E-state index is -0.261. The molecule has 0 aliphatic heterocycles. The van der Waals surface area contributed by atoms with E-state index in [-0.39, 0.29) is 12.5 Å². The second-order valence-electron chi connectivity index (χ2n) is 6.05. The summed E-state index contributed by atoms with van der Waals surface area (Å²) in [5, 5.41) is 5.17. The molecule has 6 nitrogen and oxygen atoms in total. The number of benzene rings is 2. The summed E-state index contributed by atoms with van der Waals surface area (Å²) in [6.07, 6.45) is 0.817. The molecular weight excluding hydrogens is 456 g/mol. The van der Waals surface area contributed by atoms with Crippen LogP contribution in [0, 0.1) is 0 Å². The van der Waals surface area contributed by atoms with Gasteiger partial charge in [0, 0.05) is 15.4 Å². The number of amides is 1. The van der Waals surface area contributed by atoms with Crippen molar-refractivity contribution in [1.82, 2.24) is 4.98 Å². The van der Waals surface area contributed by atoms with Gasteiger partial charge in [-0.15, -0.1) is 11.3 Å². The SMILES string of the molecule is CCc1cc(Br)ccc1OCC(=O)Nc1nc(-c2ccc(OC)c(OC)c2)cs1. The number of ether oxygens (including phenoxy) is 3. The molecule has 0 fully saturated rings. The lowest BCUT2D eigenvalue weighted by Gasteiger charge is -2.10. The molecule has 0 unspecified atom stereocenters. The predicted octanol–water partition coefficient (Wildman–Crippen LogP) is 5.17. The summed E-state index contributed by atoms with van der Waals surface area (Å²) in [6, 6.07) is 11.3. The lowest BCUT2D eigenvalue weighted by molar-refractivity contribution is -0.118. The van der Waals surface area contributed by atoms with E-state index in [2.05, 4.69) is 26.2 Å². The topological polar surface area (TPSA) is 69.7 Å². The van der Waals surface area contributed by atoms with Crippen LogP contribution >= 0.6 is 27.3 Å². The van der Waals surface area contributed by atoms with Crippen LogP contribution in [0.4, 0.5) is 5.13 Å². The Kier molecular flexibility index (Phi) is 7.11. The van der Waals surface area contributed by atoms with E-state index in [1.807, 2.05) is 48.7 Å². The number of aromatic nitrogens is 1. The van der Waals surface area contributed by atoms with Crippen LogP contribution in [-0.4, -0.2) is 31.7 Å². The van der Waals surface area contributed by atoms with Crippen molar-refractivity contribution in [2.45, 2.75) is 13.3 Å². The highest BCUT2D eigenvalue weighted by Gasteiger charge is 2.12. The van der Waals surface area contributed by atoms with E-state index in [0.29, 0.717) is 22.4 Å². The number of hydrogen-bond donors (Lipinski definition) is 1. The zero-order valence-electron chi connectivity index (χ0n) is 16.3. The molecule has 0 aliphatic rings. The number of nitrogens with zero attached hydrogens (tertiary/aromatic N) is 1. The Morgan fingerprint density at radius 2 is 1.86 bits per heavy atom. The maximum Gasteiger partial charge on any atom is 0.264 e. The summed E-state index contributed by atoms with van der Waals surface area (Å²) in [6.45, 7) is 1.96. The van der Waals surface area contributed by atoms with Crippen molar-refractivity contribution in [3.05, 3.63) is 51.8 Å². The fourth-order valence-corrected chi connectivity index (χ4v) is 3.87. The lowest BCUT2D eigenvalue weighted by Crippen LogP contribution is -2.20. The first-order valence-electron chi connectivity index (χ1n) is 8.93. The van der Waals surface area contributed by atoms with Gasteiger partial charge in [0.25, 0.3) is 5.91 Å². The van der Waals surface area contributed by atoms with Gasteiger partial charge in [0.05, 0.1) is 19.9 Å². The van der Waals surface area contributed by atoms with Crippen molar-refractivity contribution >= 4 is 38.3 Å². The van der Waals surface area contributed by atoms with E-state index in [1.54, 1.807) is 14.2 Å². The van der Waals surface area contributed by atoms with Crippen LogP contribution in [0.5, 0.6) is 17.2 Å². The van der Waals surface area contributed by atoms with Crippen LogP contribution in [0.2, 0.25) is 0 Å². The summed E-state index contributed by atoms with van der Waals surface area (Å²) in [5.74, 6) is 1.72. The summed E-state index contributed by atoms with van der Waals surface area (Å²) in [5.41, 5.74) is 2.66. The van der Waals surface area contributed by atoms with Crippen LogP contribution in [-0.2, 0) is 11.2 Å². The average molecular weight is 477 g/mol. The third-order valence-electron chi connectivity index (χ3n) is 4.19. The summed E-state index contributed by atoms with van der Waals surface area (Å²) in [7, 11) is 3.18. The van der Waals surface area contributed by atoms with Gasteiger partial charge in [-0.1, -0.05) is 22.9 Å². The number of carbonyl (C=O) groups is 1. The number of anilines is 1. The molecule has 1 N–H and O–H groups in total. The normalized spacial score (nSPS) is 10.5. The fourth-order valence-electron chi connectivity index (χ4n) is 2.72. The van der Waals surface area contributed by atoms with Gasteiger partial charge in [0.1, 0.15) is 5.75 Å². The lowest BCUT2D eigenvalue weighted by atomic mass is 10.1. The molecule has 0 spiro atoms. The Morgan fingerprint density at radius 3 is 2.59 bits per heavy atom. The monoisotopic (exact) mass is 476 g/mol. The standard InChI is InChI=1S/C21H21BrN2O4S/c1-4-13-9-15(22)6-8-17(13)28-11-20(25)24-21-23-16(12-29-21)14-5-7-18(26-2)19(10-14)27-3/h5-10,12H,4,11H2,1-3H3,(H,23,24,25). The number of rotatable bonds is 8. The molecular formula is C21H21BrN2O4S. The van der Waals surface area contributed by atoms with Crippen molar-refractivity contribution in [3.8, 4) is 28.5 Å². The van der Waals surface area contributed by atoms with Gasteiger partial charge in [-0.2, -0.15) is 0 Å². The summed E-state index contributed by atoms with van der Waals surface area (Å²) >= 11 is 4.79. The van der Waals surface area contributed by atoms with E-state index >= 15 is 0 Å². The largest absolute Gasteiger partial charge is 0.493 e. The predicted molar refractivity (Wildman–Crippen MR) is 118 cm³/mol. The molecule has 1 aromatic heterocycles. The molecule has 2 aromatic carbocycles. The maximum absolute atomic E-state index is 12.3. The number of carbonyl (C=O) groups excluding carboxylic acids is 1. The van der Waals surface area contributed by atoms with Gasteiger partial charge in [-0.25, -0.2) is 4.98 Å². The Morgan fingerprint density at radius 1 is 1.10 bits per heavy atom. The molecule has 3 aromatic rings. The Balaban J connectivity index is 1.63. The molecule has 0 saturated heterocycles. The highest BCUT2D eigenvalue weighted by Crippen LogP contribution is 2.33. The fraction of sp³-hybridized carbons (Fsp3) is 0.238. The highest BCUT2D eigenvalue weighted by molar-refractivity contribution is 9.10. The van der Waals surface area contributed by atoms with Gasteiger partial charge in [-0.05, 0) is 48.4 Å². The van der Waals surface area contributed by atoms with E-state index < -0.39 is 0 Å². The van der Waals surface area contributed by atoms with Gasteiger partial charge in [-0.3, -0.25) is 10.1 Å². The average Bonchev–Trinajstić information content (AvgIpc) is 3.20. The zero-order chi connectivity index (χ0) is 20.8. The number of halogens is 1. The Labute approximate surface area is 182 Å². The zero-order valence-corrected chi connectivity index (χ0v) is 18.7. The van der Waals surface area contributed by atoms with Gasteiger partial charge in [0.15, 0.2) is 23.2 Å².